The minimum absolute atomic E-state index is 0. The van der Waals surface area contributed by atoms with Crippen LogP contribution in [0.1, 0.15) is 157 Å². The summed E-state index contributed by atoms with van der Waals surface area (Å²) in [7, 11) is -5.32. The number of aromatic nitrogens is 6. The molecule has 7 aliphatic heterocycles. The number of aliphatic hydroxyl groups excluding tert-OH is 4. The van der Waals surface area contributed by atoms with Crippen molar-refractivity contribution in [3.05, 3.63) is 88.8 Å². The molecule has 109 heavy (non-hydrogen) atoms. The second-order valence-corrected chi connectivity index (χ2v) is 32.4. The van der Waals surface area contributed by atoms with Gasteiger partial charge in [0, 0.05) is 108 Å². The minimum atomic E-state index is -5.32. The summed E-state index contributed by atoms with van der Waals surface area (Å²) in [5, 5.41) is 49.6. The number of primary amides is 6. The van der Waals surface area contributed by atoms with E-state index in [2.05, 4.69) is 32.2 Å². The van der Waals surface area contributed by atoms with Gasteiger partial charge in [-0.3, -0.25) is 57.7 Å². The maximum atomic E-state index is 14.4. The number of ether oxygens (including phenoxy) is 2. The molecule has 2 unspecified atom stereocenters. The molecule has 11 rings (SSSR count). The molecule has 3 fully saturated rings. The maximum absolute atomic E-state index is 14.4. The van der Waals surface area contributed by atoms with E-state index in [0.717, 1.165) is 11.1 Å². The van der Waals surface area contributed by atoms with Crippen LogP contribution in [0.25, 0.3) is 27.5 Å². The van der Waals surface area contributed by atoms with Crippen molar-refractivity contribution in [3.8, 4) is 0 Å². The summed E-state index contributed by atoms with van der Waals surface area (Å²) in [4.78, 5) is 140. The number of hydrogen-bond donors (Lipinski definition) is 12. The number of anilines is 1. The zero-order chi connectivity index (χ0) is 79.6. The van der Waals surface area contributed by atoms with E-state index in [1.165, 1.54) is 35.0 Å². The summed E-state index contributed by atoms with van der Waals surface area (Å²) < 4.78 is 38.8. The second kappa shape index (κ2) is 32.2. The zero-order valence-electron chi connectivity index (χ0n) is 62.8. The maximum Gasteiger partial charge on any atom is 3.00 e. The van der Waals surface area contributed by atoms with Gasteiger partial charge in [0.2, 0.25) is 41.4 Å². The molecule has 7 aliphatic rings. The van der Waals surface area contributed by atoms with Crippen LogP contribution in [-0.2, 0) is 73.4 Å². The first-order chi connectivity index (χ1) is 50.4. The van der Waals surface area contributed by atoms with Gasteiger partial charge in [0.05, 0.1) is 53.7 Å². The molecule has 35 nitrogen and oxygen atoms in total. The van der Waals surface area contributed by atoms with Crippen molar-refractivity contribution in [2.24, 2.45) is 94.7 Å². The standard InChI is InChI=1S/C62H90N13O14P.C10H12N5O3.Co/c1-29-20-39-40(21-30(29)2)75(28-70-39)57-52(84)53(41(27-76)87-57)89-90(85,86)88-31(3)26-69-49(83)18-19-59(8)37(22-46(66)80)56-62(11)61(10,25-48(68)82)36(14-17-45(65)79)51(74-62)33(5)55-60(9,24-47(67)81)34(12-15-43(63)77)38(71-55)23-42-58(6,7)35(13-16-44(64)78)50(72-42)32(4)54(59)73-56;1-4-6(16)7(17)10(18-4)15-3-14-5-8(11)12-2-13-9(5)15;/h20-21,23,28,31,34-37,41,52-53,56-57,76,84H,12-19,22,24-27H2,1-11H3,(H15,63,64,65,66,67,68,69,71,72,73,74,77,78,79,80,81,82,83,85,86);2-4,6-7,10,16-17H,1H2,(H2,11,12,13);/q;-1;+3/p-2/t31-,34-,35-,36-,37+,41-,52-,53-,56?,57+,59-,60+,61+,62+;4-,6-,7-,10-;/m11./s1. The van der Waals surface area contributed by atoms with Crippen LogP contribution >= 0.6 is 7.82 Å². The van der Waals surface area contributed by atoms with Crippen molar-refractivity contribution < 1.29 is 98.7 Å². The van der Waals surface area contributed by atoms with Crippen LogP contribution < -0.4 is 50.3 Å². The number of nitrogen functional groups attached to an aromatic ring is 1. The van der Waals surface area contributed by atoms with E-state index in [1.54, 1.807) is 6.92 Å². The number of phosphoric acid groups is 1. The van der Waals surface area contributed by atoms with Gasteiger partial charge in [0.25, 0.3) is 7.82 Å². The Morgan fingerprint density at radius 2 is 1.34 bits per heavy atom. The van der Waals surface area contributed by atoms with E-state index in [9.17, 15) is 63.4 Å². The molecular weight excluding hydrogens is 1480 g/mol. The van der Waals surface area contributed by atoms with Gasteiger partial charge in [0.15, 0.2) is 23.9 Å². The minimum Gasteiger partial charge on any atom is -0.756 e. The Labute approximate surface area is 640 Å². The number of aliphatic imine (C=N–C) groups is 3. The number of imidazole rings is 2. The largest absolute Gasteiger partial charge is 3.00 e. The molecule has 0 aliphatic carbocycles. The van der Waals surface area contributed by atoms with Crippen LogP contribution in [0.4, 0.5) is 5.82 Å². The number of rotatable bonds is 27. The normalized spacial score (nSPS) is 33.6. The quantitative estimate of drug-likeness (QED) is 0.0301. The van der Waals surface area contributed by atoms with Gasteiger partial charge in [0.1, 0.15) is 36.3 Å². The number of carbonyl (C=O) groups excluding carboxylic acids is 7. The SMILES string of the molecule is C/C1=C2/[N-]C([C@H](CC(N)=O)[C@@]2(C)CCC(=O)NC[C@@H](C)OP(=O)([O-])O[C@H]2[C@@H](O)[C@@H](n3cnc4cc(C)c(C)cc43)O[C@@H]2CO)[C@]2(C)N=C(/C(C)=C3N=C(/C=C4N=C1[C@@H](CCC(N)=O)C\4(C)C)[C@@H](CCC(N)=O)[C@]\3(C)CC(N)=O)[C@@H](CCC(N)=O)[C@]2(C)CC(N)=O.[CH2-][C@H]1O[C@@H](n2cnc3c(N)ncnc32)[C@H](O)[C@@H]1O.[Co+3]. The molecule has 4 aromatic rings. The number of allylic oxidation sites excluding steroid dienone is 6. The number of hydrogen-bond acceptors (Lipinski definition) is 25. The molecule has 37 heteroatoms. The fourth-order valence-corrected chi connectivity index (χ4v) is 18.5. The summed E-state index contributed by atoms with van der Waals surface area (Å²) in [6.07, 6.45) is -5.69. The third-order valence-corrected chi connectivity index (χ3v) is 24.6. The smallest absolute Gasteiger partial charge is 0.756 e. The Kier molecular flexibility index (Phi) is 25.0. The third-order valence-electron chi connectivity index (χ3n) is 23.5. The first kappa shape index (κ1) is 84.8. The van der Waals surface area contributed by atoms with E-state index in [0.29, 0.717) is 67.6 Å². The number of nitrogens with one attached hydrogen (secondary N) is 1. The van der Waals surface area contributed by atoms with E-state index < -0.39 is 168 Å². The van der Waals surface area contributed by atoms with Crippen molar-refractivity contribution in [3.63, 3.8) is 0 Å². The zero-order valence-corrected chi connectivity index (χ0v) is 64.8. The average molecular weight is 1580 g/mol. The molecule has 7 amide bonds. The van der Waals surface area contributed by atoms with Crippen molar-refractivity contribution in [1.29, 1.82) is 0 Å². The first-order valence-electron chi connectivity index (χ1n) is 35.9. The molecule has 19 N–H and O–H groups in total. The number of phosphoric ester groups is 1. The third kappa shape index (κ3) is 16.3. The summed E-state index contributed by atoms with van der Waals surface area (Å²) in [6, 6.07) is 2.65. The summed E-state index contributed by atoms with van der Waals surface area (Å²) in [5.41, 5.74) is 43.2. The molecule has 10 heterocycles. The number of aliphatic hydroxyl groups is 4. The van der Waals surface area contributed by atoms with Crippen molar-refractivity contribution >= 4 is 94.3 Å². The van der Waals surface area contributed by atoms with Gasteiger partial charge in [-0.15, -0.1) is 0 Å². The molecule has 8 bridgehead atoms. The molecule has 0 saturated carbocycles. The molecule has 3 aromatic heterocycles. The molecular formula is C72H100CoN18O17P. The van der Waals surface area contributed by atoms with E-state index in [1.807, 2.05) is 80.5 Å². The number of carbonyl (C=O) groups is 7. The van der Waals surface area contributed by atoms with Crippen LogP contribution in [0.5, 0.6) is 0 Å². The topological polar surface area (TPSA) is 584 Å². The van der Waals surface area contributed by atoms with Gasteiger partial charge in [-0.1, -0.05) is 40.7 Å². The number of aryl methyl sites for hydroxylation is 2. The van der Waals surface area contributed by atoms with Crippen molar-refractivity contribution in [1.82, 2.24) is 34.4 Å². The van der Waals surface area contributed by atoms with Gasteiger partial charge in [-0.25, -0.2) is 19.9 Å². The van der Waals surface area contributed by atoms with Crippen LogP contribution in [0.15, 0.2) is 80.4 Å². The molecule has 3 saturated heterocycles. The van der Waals surface area contributed by atoms with Gasteiger partial charge in [-0.2, -0.15) is 5.70 Å². The Bertz CT molecular complexity index is 4520. The first-order valence-corrected chi connectivity index (χ1v) is 37.3. The predicted octanol–water partition coefficient (Wildman–Crippen LogP) is 2.17. The Morgan fingerprint density at radius 1 is 0.734 bits per heavy atom. The van der Waals surface area contributed by atoms with E-state index in [4.69, 9.17) is 79.0 Å². The van der Waals surface area contributed by atoms with Gasteiger partial charge >= 0.3 is 16.8 Å². The monoisotopic (exact) mass is 1580 g/mol. The fourth-order valence-electron chi connectivity index (χ4n) is 17.3. The molecule has 594 valence electrons. The van der Waals surface area contributed by atoms with Crippen molar-refractivity contribution in [2.75, 3.05) is 18.9 Å². The van der Waals surface area contributed by atoms with Crippen LogP contribution in [0, 0.1) is 66.1 Å². The van der Waals surface area contributed by atoms with E-state index in [-0.39, 0.29) is 99.8 Å². The average Bonchev–Trinajstić information content (AvgIpc) is 1.53. The molecule has 0 spiro atoms. The Hall–Kier alpha value is -8.26. The molecule has 19 atom stereocenters. The van der Waals surface area contributed by atoms with Crippen LogP contribution in [0.3, 0.4) is 0 Å². The summed E-state index contributed by atoms with van der Waals surface area (Å²) in [6.45, 7) is 22.6. The summed E-state index contributed by atoms with van der Waals surface area (Å²) in [5.74, 6) is -7.16. The predicted molar refractivity (Wildman–Crippen MR) is 393 cm³/mol. The van der Waals surface area contributed by atoms with Crippen molar-refractivity contribution in [2.45, 2.75) is 214 Å². The number of nitrogens with zero attached hydrogens (tertiary/aromatic N) is 10. The summed E-state index contributed by atoms with van der Waals surface area (Å²) >= 11 is 0. The molecule has 1 aromatic carbocycles. The Balaban J connectivity index is 0.000000623. The number of fused-ring (bicyclic) bond motifs is 8. The number of amides is 7. The number of benzene rings is 1. The van der Waals surface area contributed by atoms with Crippen LogP contribution in [0.2, 0.25) is 0 Å². The fraction of sp³-hybridized carbons (Fsp3) is 0.597. The van der Waals surface area contributed by atoms with Gasteiger partial charge < -0.3 is 106 Å². The molecule has 0 radical (unpaired) electrons. The second-order valence-electron chi connectivity index (χ2n) is 31.1. The Morgan fingerprint density at radius 3 is 1.94 bits per heavy atom. The van der Waals surface area contributed by atoms with Crippen LogP contribution in [-0.4, -0.2) is 175 Å². The van der Waals surface area contributed by atoms with E-state index >= 15 is 0 Å². The number of nitrogens with two attached hydrogens (primary N) is 7. The van der Waals surface area contributed by atoms with Gasteiger partial charge in [-0.05, 0) is 125 Å².